The van der Waals surface area contributed by atoms with Crippen LogP contribution in [0.4, 0.5) is 0 Å². The largest absolute Gasteiger partial charge is 0.148 e. The Morgan fingerprint density at radius 1 is 1.56 bits per heavy atom. The maximum absolute atomic E-state index is 5.86. The van der Waals surface area contributed by atoms with Crippen LogP contribution in [0.3, 0.4) is 0 Å². The molecule has 0 nitrogen and oxygen atoms in total. The molecular formula is C7H10Cl2. The molecule has 1 rings (SSSR count). The summed E-state index contributed by atoms with van der Waals surface area (Å²) in [5.41, 5.74) is 0.941. The molecule has 1 fully saturated rings. The van der Waals surface area contributed by atoms with Gasteiger partial charge in [0.1, 0.15) is 4.33 Å². The fourth-order valence-electron chi connectivity index (χ4n) is 1.01. The molecule has 0 aromatic rings. The Morgan fingerprint density at radius 3 is 1.89 bits per heavy atom. The standard InChI is InChI=1S/C7H10Cl2/c1-4-6(3)5(2)7(6,8)9/h2,4H2,1,3H3. The van der Waals surface area contributed by atoms with Crippen molar-refractivity contribution in [2.24, 2.45) is 5.41 Å². The summed E-state index contributed by atoms with van der Waals surface area (Å²) in [5.74, 6) is 0. The van der Waals surface area contributed by atoms with Crippen molar-refractivity contribution in [1.82, 2.24) is 0 Å². The monoisotopic (exact) mass is 164 g/mol. The quantitative estimate of drug-likeness (QED) is 0.413. The molecule has 0 aromatic carbocycles. The van der Waals surface area contributed by atoms with E-state index in [-0.39, 0.29) is 5.41 Å². The van der Waals surface area contributed by atoms with Crippen LogP contribution in [-0.4, -0.2) is 4.33 Å². The van der Waals surface area contributed by atoms with E-state index in [1.54, 1.807) is 0 Å². The molecule has 52 valence electrons. The highest BCUT2D eigenvalue weighted by molar-refractivity contribution is 6.54. The van der Waals surface area contributed by atoms with Crippen LogP contribution in [0.1, 0.15) is 20.3 Å². The Kier molecular flexibility index (Phi) is 1.38. The Labute approximate surface area is 65.8 Å². The lowest BCUT2D eigenvalue weighted by Crippen LogP contribution is -2.00. The number of rotatable bonds is 1. The molecule has 1 aliphatic carbocycles. The molecular weight excluding hydrogens is 155 g/mol. The molecule has 9 heavy (non-hydrogen) atoms. The zero-order valence-corrected chi connectivity index (χ0v) is 7.18. The first-order chi connectivity index (χ1) is 3.97. The molecule has 0 spiro atoms. The summed E-state index contributed by atoms with van der Waals surface area (Å²) in [5, 5.41) is 0. The van der Waals surface area contributed by atoms with Crippen LogP contribution in [0, 0.1) is 5.41 Å². The van der Waals surface area contributed by atoms with Crippen molar-refractivity contribution >= 4 is 23.2 Å². The van der Waals surface area contributed by atoms with E-state index < -0.39 is 4.33 Å². The number of halogens is 2. The van der Waals surface area contributed by atoms with Crippen molar-refractivity contribution in [1.29, 1.82) is 0 Å². The van der Waals surface area contributed by atoms with E-state index >= 15 is 0 Å². The second-order valence-corrected chi connectivity index (χ2v) is 4.07. The normalized spacial score (nSPS) is 38.9. The maximum Gasteiger partial charge on any atom is 0.148 e. The number of hydrogen-bond acceptors (Lipinski definition) is 0. The van der Waals surface area contributed by atoms with Gasteiger partial charge in [0.2, 0.25) is 0 Å². The molecule has 0 aromatic heterocycles. The maximum atomic E-state index is 5.86. The molecule has 2 heteroatoms. The van der Waals surface area contributed by atoms with Crippen LogP contribution in [0.5, 0.6) is 0 Å². The van der Waals surface area contributed by atoms with Crippen LogP contribution < -0.4 is 0 Å². The van der Waals surface area contributed by atoms with Crippen molar-refractivity contribution < 1.29 is 0 Å². The molecule has 0 bridgehead atoms. The summed E-state index contributed by atoms with van der Waals surface area (Å²) in [4.78, 5) is 0. The minimum atomic E-state index is -0.637. The molecule has 0 heterocycles. The second-order valence-electron chi connectivity index (χ2n) is 2.74. The average Bonchev–Trinajstić information content (AvgIpc) is 2.16. The van der Waals surface area contributed by atoms with Crippen LogP contribution in [0.15, 0.2) is 12.2 Å². The van der Waals surface area contributed by atoms with Gasteiger partial charge in [0.05, 0.1) is 0 Å². The van der Waals surface area contributed by atoms with Gasteiger partial charge in [-0.2, -0.15) is 0 Å². The highest BCUT2D eigenvalue weighted by atomic mass is 35.5. The lowest BCUT2D eigenvalue weighted by Gasteiger charge is -2.04. The van der Waals surface area contributed by atoms with Crippen molar-refractivity contribution in [2.45, 2.75) is 24.6 Å². The van der Waals surface area contributed by atoms with E-state index in [0.29, 0.717) is 0 Å². The molecule has 0 radical (unpaired) electrons. The highest BCUT2D eigenvalue weighted by Crippen LogP contribution is 2.69. The lowest BCUT2D eigenvalue weighted by molar-refractivity contribution is 0.567. The van der Waals surface area contributed by atoms with E-state index in [1.807, 2.05) is 6.92 Å². The van der Waals surface area contributed by atoms with E-state index in [4.69, 9.17) is 23.2 Å². The van der Waals surface area contributed by atoms with Crippen LogP contribution in [0.2, 0.25) is 0 Å². The SMILES string of the molecule is C=C1C(Cl)(Cl)C1(C)CC. The summed E-state index contributed by atoms with van der Waals surface area (Å²) in [6.45, 7) is 7.88. The summed E-state index contributed by atoms with van der Waals surface area (Å²) >= 11 is 11.7. The number of hydrogen-bond donors (Lipinski definition) is 0. The Bertz CT molecular complexity index is 160. The van der Waals surface area contributed by atoms with Gasteiger partial charge >= 0.3 is 0 Å². The third-order valence-corrected chi connectivity index (χ3v) is 3.67. The van der Waals surface area contributed by atoms with Gasteiger partial charge in [-0.3, -0.25) is 0 Å². The Hall–Kier alpha value is 0.320. The third kappa shape index (κ3) is 0.667. The van der Waals surface area contributed by atoms with Gasteiger partial charge in [0, 0.05) is 5.41 Å². The molecule has 1 aliphatic rings. The summed E-state index contributed by atoms with van der Waals surface area (Å²) in [7, 11) is 0. The molecule has 1 unspecified atom stereocenters. The first-order valence-electron chi connectivity index (χ1n) is 3.04. The first kappa shape index (κ1) is 7.43. The number of allylic oxidation sites excluding steroid dienone is 1. The lowest BCUT2D eigenvalue weighted by atomic mass is 10.1. The highest BCUT2D eigenvalue weighted by Gasteiger charge is 2.65. The third-order valence-electron chi connectivity index (χ3n) is 2.38. The second kappa shape index (κ2) is 1.67. The Balaban J connectivity index is 2.82. The predicted octanol–water partition coefficient (Wildman–Crippen LogP) is 3.15. The van der Waals surface area contributed by atoms with Crippen molar-refractivity contribution in [3.63, 3.8) is 0 Å². The summed E-state index contributed by atoms with van der Waals surface area (Å²) in [6.07, 6.45) is 0.971. The smallest absolute Gasteiger partial charge is 0.0962 e. The fourth-order valence-corrected chi connectivity index (χ4v) is 1.83. The summed E-state index contributed by atoms with van der Waals surface area (Å²) < 4.78 is -0.637. The van der Waals surface area contributed by atoms with Gasteiger partial charge in [-0.25, -0.2) is 0 Å². The van der Waals surface area contributed by atoms with Gasteiger partial charge in [0.15, 0.2) is 0 Å². The van der Waals surface area contributed by atoms with Crippen LogP contribution in [-0.2, 0) is 0 Å². The van der Waals surface area contributed by atoms with Gasteiger partial charge in [-0.15, -0.1) is 0 Å². The van der Waals surface area contributed by atoms with E-state index in [2.05, 4.69) is 13.5 Å². The number of alkyl halides is 2. The van der Waals surface area contributed by atoms with Crippen LogP contribution in [0.25, 0.3) is 0 Å². The van der Waals surface area contributed by atoms with E-state index in [0.717, 1.165) is 12.0 Å². The molecule has 0 aliphatic heterocycles. The molecule has 1 saturated carbocycles. The van der Waals surface area contributed by atoms with Gasteiger partial charge < -0.3 is 0 Å². The molecule has 1 atom stereocenters. The topological polar surface area (TPSA) is 0 Å². The van der Waals surface area contributed by atoms with Crippen molar-refractivity contribution in [3.8, 4) is 0 Å². The van der Waals surface area contributed by atoms with Gasteiger partial charge in [0.25, 0.3) is 0 Å². The molecule has 0 amide bonds. The zero-order chi connectivity index (χ0) is 7.28. The van der Waals surface area contributed by atoms with E-state index in [1.165, 1.54) is 0 Å². The van der Waals surface area contributed by atoms with Crippen molar-refractivity contribution in [2.75, 3.05) is 0 Å². The van der Waals surface area contributed by atoms with Crippen molar-refractivity contribution in [3.05, 3.63) is 12.2 Å². The summed E-state index contributed by atoms with van der Waals surface area (Å²) in [6, 6.07) is 0. The fraction of sp³-hybridized carbons (Fsp3) is 0.714. The Morgan fingerprint density at radius 2 is 1.89 bits per heavy atom. The average molecular weight is 165 g/mol. The molecule has 0 saturated heterocycles. The minimum Gasteiger partial charge on any atom is -0.0962 e. The predicted molar refractivity (Wildman–Crippen MR) is 42.0 cm³/mol. The minimum absolute atomic E-state index is 0.0177. The first-order valence-corrected chi connectivity index (χ1v) is 3.80. The van der Waals surface area contributed by atoms with Gasteiger partial charge in [-0.05, 0) is 12.0 Å². The zero-order valence-electron chi connectivity index (χ0n) is 5.67. The molecule has 0 N–H and O–H groups in total. The van der Waals surface area contributed by atoms with Gasteiger partial charge in [-0.1, -0.05) is 43.6 Å². The van der Waals surface area contributed by atoms with Crippen LogP contribution >= 0.6 is 23.2 Å². The van der Waals surface area contributed by atoms with E-state index in [9.17, 15) is 0 Å².